The Morgan fingerprint density at radius 2 is 1.60 bits per heavy atom. The zero-order valence-corrected chi connectivity index (χ0v) is 25.7. The Bertz CT molecular complexity index is 1170. The quantitative estimate of drug-likeness (QED) is 0.249. The van der Waals surface area contributed by atoms with Gasteiger partial charge in [0.25, 0.3) is 5.91 Å². The highest BCUT2D eigenvalue weighted by Crippen LogP contribution is 2.27. The first-order valence-electron chi connectivity index (χ1n) is 14.5. The van der Waals surface area contributed by atoms with Gasteiger partial charge in [0.15, 0.2) is 0 Å². The predicted molar refractivity (Wildman–Crippen MR) is 163 cm³/mol. The lowest BCUT2D eigenvalue weighted by molar-refractivity contribution is -0.141. The molecule has 2 unspecified atom stereocenters. The van der Waals surface area contributed by atoms with Gasteiger partial charge < -0.3 is 30.7 Å². The van der Waals surface area contributed by atoms with E-state index in [1.807, 2.05) is 38.1 Å². The zero-order valence-electron chi connectivity index (χ0n) is 25.7. The average Bonchev–Trinajstić information content (AvgIpc) is 2.94. The van der Waals surface area contributed by atoms with Gasteiger partial charge in [0, 0.05) is 18.7 Å². The number of alkyl carbamates (subject to hydrolysis) is 1. The number of unbranched alkanes of at least 4 members (excludes halogenated alkanes) is 2. The van der Waals surface area contributed by atoms with Crippen LogP contribution in [0.3, 0.4) is 0 Å². The van der Waals surface area contributed by atoms with Crippen molar-refractivity contribution in [3.05, 3.63) is 59.7 Å². The van der Waals surface area contributed by atoms with Crippen molar-refractivity contribution in [2.24, 2.45) is 5.73 Å². The second-order valence-electron chi connectivity index (χ2n) is 11.2. The van der Waals surface area contributed by atoms with Crippen molar-refractivity contribution >= 4 is 29.5 Å². The summed E-state index contributed by atoms with van der Waals surface area (Å²) in [4.78, 5) is 54.1. The second kappa shape index (κ2) is 16.4. The van der Waals surface area contributed by atoms with Gasteiger partial charge in [-0.25, -0.2) is 4.79 Å². The number of nitrogens with zero attached hydrogens (tertiary/aromatic N) is 1. The Morgan fingerprint density at radius 3 is 2.12 bits per heavy atom. The molecule has 0 saturated carbocycles. The Morgan fingerprint density at radius 1 is 0.952 bits per heavy atom. The number of hydrogen-bond acceptors (Lipinski definition) is 6. The van der Waals surface area contributed by atoms with Crippen molar-refractivity contribution < 1.29 is 28.7 Å². The molecular formula is C32H46N4O6. The highest BCUT2D eigenvalue weighted by Gasteiger charge is 2.36. The van der Waals surface area contributed by atoms with E-state index in [1.54, 1.807) is 52.1 Å². The van der Waals surface area contributed by atoms with E-state index in [0.29, 0.717) is 23.4 Å². The first-order valence-corrected chi connectivity index (χ1v) is 14.5. The summed E-state index contributed by atoms with van der Waals surface area (Å²) in [5.74, 6) is -0.894. The molecule has 4 N–H and O–H groups in total. The molecule has 2 rings (SSSR count). The summed E-state index contributed by atoms with van der Waals surface area (Å²) in [6.07, 6.45) is 2.20. The van der Waals surface area contributed by atoms with Crippen LogP contribution in [-0.2, 0) is 25.5 Å². The molecule has 0 aliphatic rings. The largest absolute Gasteiger partial charge is 0.497 e. The molecule has 0 saturated heterocycles. The molecule has 2 atom stereocenters. The Hall–Kier alpha value is -4.08. The molecule has 230 valence electrons. The summed E-state index contributed by atoms with van der Waals surface area (Å²) in [5.41, 5.74) is 6.84. The minimum Gasteiger partial charge on any atom is -0.497 e. The summed E-state index contributed by atoms with van der Waals surface area (Å²) in [5, 5.41) is 5.55. The van der Waals surface area contributed by atoms with Gasteiger partial charge in [0.1, 0.15) is 23.4 Å². The number of primary amides is 1. The van der Waals surface area contributed by atoms with Gasteiger partial charge in [-0.2, -0.15) is 0 Å². The maximum Gasteiger partial charge on any atom is 0.408 e. The van der Waals surface area contributed by atoms with Crippen molar-refractivity contribution in [3.63, 3.8) is 0 Å². The molecule has 0 aliphatic carbocycles. The number of carbonyl (C=O) groups excluding carboxylic acids is 4. The summed E-state index contributed by atoms with van der Waals surface area (Å²) in [6, 6.07) is 12.3. The van der Waals surface area contributed by atoms with Crippen LogP contribution in [-0.4, -0.2) is 54.0 Å². The number of nitrogens with one attached hydrogen (secondary N) is 2. The van der Waals surface area contributed by atoms with Gasteiger partial charge in [0.05, 0.1) is 7.11 Å². The van der Waals surface area contributed by atoms with E-state index < -0.39 is 41.5 Å². The molecule has 4 amide bonds. The van der Waals surface area contributed by atoms with Gasteiger partial charge in [-0.1, -0.05) is 51.0 Å². The fourth-order valence-corrected chi connectivity index (χ4v) is 4.39. The van der Waals surface area contributed by atoms with Crippen LogP contribution in [0.2, 0.25) is 0 Å². The monoisotopic (exact) mass is 582 g/mol. The lowest BCUT2D eigenvalue weighted by Crippen LogP contribution is -2.52. The van der Waals surface area contributed by atoms with Crippen molar-refractivity contribution in [2.75, 3.05) is 19.0 Å². The van der Waals surface area contributed by atoms with E-state index >= 15 is 0 Å². The van der Waals surface area contributed by atoms with Crippen molar-refractivity contribution in [1.29, 1.82) is 0 Å². The molecule has 0 heterocycles. The normalized spacial score (nSPS) is 12.5. The van der Waals surface area contributed by atoms with Crippen LogP contribution in [0.15, 0.2) is 48.5 Å². The third-order valence-corrected chi connectivity index (χ3v) is 6.58. The van der Waals surface area contributed by atoms with Crippen LogP contribution in [0.25, 0.3) is 0 Å². The third-order valence-electron chi connectivity index (χ3n) is 6.58. The average molecular weight is 583 g/mol. The first-order chi connectivity index (χ1) is 19.9. The van der Waals surface area contributed by atoms with Crippen LogP contribution >= 0.6 is 0 Å². The van der Waals surface area contributed by atoms with E-state index in [0.717, 1.165) is 24.8 Å². The first kappa shape index (κ1) is 34.1. The summed E-state index contributed by atoms with van der Waals surface area (Å²) in [7, 11) is 1.56. The molecule has 10 heteroatoms. The van der Waals surface area contributed by atoms with E-state index in [9.17, 15) is 19.2 Å². The highest BCUT2D eigenvalue weighted by molar-refractivity contribution is 5.99. The maximum absolute atomic E-state index is 14.2. The molecule has 2 aromatic carbocycles. The number of hydrogen-bond donors (Lipinski definition) is 3. The summed E-state index contributed by atoms with van der Waals surface area (Å²) >= 11 is 0. The van der Waals surface area contributed by atoms with Gasteiger partial charge in [-0.05, 0) is 75.4 Å². The number of rotatable bonds is 15. The molecule has 0 fully saturated rings. The van der Waals surface area contributed by atoms with E-state index in [1.165, 1.54) is 4.90 Å². The lowest BCUT2D eigenvalue weighted by atomic mass is 9.99. The maximum atomic E-state index is 14.2. The number of benzene rings is 2. The SMILES string of the molecule is CCCCCN(C(=O)C(CCC(N)=O)NC(=O)OC(C)(C)C)C(C(=O)Nc1ccc(OC)cc1)c1ccc(CC)cc1. The van der Waals surface area contributed by atoms with E-state index in [-0.39, 0.29) is 19.4 Å². The van der Waals surface area contributed by atoms with Crippen LogP contribution in [0.5, 0.6) is 5.75 Å². The second-order valence-corrected chi connectivity index (χ2v) is 11.2. The topological polar surface area (TPSA) is 140 Å². The zero-order chi connectivity index (χ0) is 31.3. The Kier molecular flexibility index (Phi) is 13.3. The number of ether oxygens (including phenoxy) is 2. The minimum atomic E-state index is -1.14. The summed E-state index contributed by atoms with van der Waals surface area (Å²) < 4.78 is 10.6. The Balaban J connectivity index is 2.54. The number of nitrogens with two attached hydrogens (primary N) is 1. The van der Waals surface area contributed by atoms with Gasteiger partial charge in [-0.15, -0.1) is 0 Å². The van der Waals surface area contributed by atoms with E-state index in [4.69, 9.17) is 15.2 Å². The predicted octanol–water partition coefficient (Wildman–Crippen LogP) is 5.12. The molecule has 0 radical (unpaired) electrons. The van der Waals surface area contributed by atoms with Crippen LogP contribution in [0, 0.1) is 0 Å². The number of amides is 4. The number of carbonyl (C=O) groups is 4. The van der Waals surface area contributed by atoms with Crippen molar-refractivity contribution in [2.45, 2.75) is 90.8 Å². The van der Waals surface area contributed by atoms with Gasteiger partial charge in [-0.3, -0.25) is 14.4 Å². The molecule has 2 aromatic rings. The number of anilines is 1. The fourth-order valence-electron chi connectivity index (χ4n) is 4.39. The van der Waals surface area contributed by atoms with Crippen LogP contribution in [0.4, 0.5) is 10.5 Å². The molecule has 0 bridgehead atoms. The Labute approximate surface area is 249 Å². The number of methoxy groups -OCH3 is 1. The molecular weight excluding hydrogens is 536 g/mol. The van der Waals surface area contributed by atoms with Crippen molar-refractivity contribution in [3.8, 4) is 5.75 Å². The van der Waals surface area contributed by atoms with Crippen LogP contribution in [0.1, 0.15) is 83.9 Å². The van der Waals surface area contributed by atoms with Crippen molar-refractivity contribution in [1.82, 2.24) is 10.2 Å². The van der Waals surface area contributed by atoms with Crippen LogP contribution < -0.4 is 21.1 Å². The van der Waals surface area contributed by atoms with E-state index in [2.05, 4.69) is 10.6 Å². The lowest BCUT2D eigenvalue weighted by Gasteiger charge is -2.34. The number of aryl methyl sites for hydroxylation is 1. The van der Waals surface area contributed by atoms with Gasteiger partial charge in [0.2, 0.25) is 11.8 Å². The molecule has 0 aliphatic heterocycles. The molecule has 0 aromatic heterocycles. The minimum absolute atomic E-state index is 0.0424. The molecule has 42 heavy (non-hydrogen) atoms. The standard InChI is InChI=1S/C32H46N4O6/c1-7-9-10-21-36(30(39)26(19-20-27(33)37)35-31(40)42-32(3,4)5)28(23-13-11-22(8-2)12-14-23)29(38)34-24-15-17-25(41-6)18-16-24/h11-18,26,28H,7-10,19-21H2,1-6H3,(H2,33,37)(H,34,38)(H,35,40). The third kappa shape index (κ3) is 11.1. The fraction of sp³-hybridized carbons (Fsp3) is 0.500. The van der Waals surface area contributed by atoms with Gasteiger partial charge >= 0.3 is 6.09 Å². The summed E-state index contributed by atoms with van der Waals surface area (Å²) in [6.45, 7) is 9.47. The molecule has 10 nitrogen and oxygen atoms in total. The highest BCUT2D eigenvalue weighted by atomic mass is 16.6. The molecule has 0 spiro atoms. The smallest absolute Gasteiger partial charge is 0.408 e.